The molecule has 6 aliphatic carbocycles. The van der Waals surface area contributed by atoms with Crippen molar-refractivity contribution in [3.05, 3.63) is 132 Å². The summed E-state index contributed by atoms with van der Waals surface area (Å²) in [5.41, 5.74) is 8.52. The second-order valence-electron chi connectivity index (χ2n) is 20.2. The zero-order valence-electron chi connectivity index (χ0n) is 33.2. The first kappa shape index (κ1) is 35.1. The largest absolute Gasteiger partial charge is 0.128 e. The van der Waals surface area contributed by atoms with E-state index in [9.17, 15) is 0 Å². The molecule has 51 heavy (non-hydrogen) atoms. The van der Waals surface area contributed by atoms with E-state index < -0.39 is 8.07 Å². The lowest BCUT2D eigenvalue weighted by Crippen LogP contribution is -2.67. The summed E-state index contributed by atoms with van der Waals surface area (Å²) in [6.45, 7) is 22.9. The Balaban J connectivity index is 1.43. The van der Waals surface area contributed by atoms with Crippen molar-refractivity contribution in [2.45, 2.75) is 112 Å². The Hall–Kier alpha value is -2.90. The van der Waals surface area contributed by atoms with Crippen LogP contribution < -0.4 is 10.4 Å². The van der Waals surface area contributed by atoms with Gasteiger partial charge >= 0.3 is 0 Å². The molecule has 0 N–H and O–H groups in total. The van der Waals surface area contributed by atoms with Crippen LogP contribution in [0.4, 0.5) is 0 Å². The molecule has 3 fully saturated rings. The van der Waals surface area contributed by atoms with E-state index in [1.165, 1.54) is 38.5 Å². The van der Waals surface area contributed by atoms with Gasteiger partial charge in [0.25, 0.3) is 0 Å². The van der Waals surface area contributed by atoms with Crippen molar-refractivity contribution in [2.75, 3.05) is 0 Å². The van der Waals surface area contributed by atoms with Crippen LogP contribution in [0.25, 0.3) is 0 Å². The summed E-state index contributed by atoms with van der Waals surface area (Å²) in [5, 5.41) is 3.29. The molecule has 0 saturated heterocycles. The first-order valence-corrected chi connectivity index (χ1v) is 22.7. The summed E-state index contributed by atoms with van der Waals surface area (Å²) in [5.74, 6) is 2.63. The second-order valence-corrected chi connectivity index (χ2v) is 24.5. The van der Waals surface area contributed by atoms with Gasteiger partial charge in [-0.3, -0.25) is 0 Å². The van der Waals surface area contributed by atoms with Gasteiger partial charge in [-0.05, 0) is 117 Å². The van der Waals surface area contributed by atoms with Gasteiger partial charge in [0.2, 0.25) is 0 Å². The fourth-order valence-corrected chi connectivity index (χ4v) is 19.1. The topological polar surface area (TPSA) is 0 Å². The maximum atomic E-state index is 2.98. The van der Waals surface area contributed by atoms with E-state index >= 15 is 0 Å². The molecule has 2 aromatic carbocycles. The summed E-state index contributed by atoms with van der Waals surface area (Å²) in [6, 6.07) is 24.2. The SMILES string of the molecule is CC1C=C2C(=CC1C1C=C3C(=CC1[Si](c1ccccc1)(c1ccccc1)C1CCC4C=CC=CC41)C(C)(C)CCC3(C)C)C(C)(C)CCC2(C)C. The average Bonchev–Trinajstić information content (AvgIpc) is 3.55. The Kier molecular flexibility index (Phi) is 8.50. The van der Waals surface area contributed by atoms with Crippen LogP contribution in [-0.4, -0.2) is 8.07 Å². The lowest BCUT2D eigenvalue weighted by Gasteiger charge is -2.55. The van der Waals surface area contributed by atoms with Crippen LogP contribution in [0.15, 0.2) is 132 Å². The third-order valence-corrected chi connectivity index (χ3v) is 21.4. The summed E-state index contributed by atoms with van der Waals surface area (Å²) < 4.78 is 0. The maximum Gasteiger partial charge on any atom is 0.128 e. The Labute approximate surface area is 312 Å². The number of rotatable bonds is 5. The molecule has 1 heteroatoms. The smallest absolute Gasteiger partial charge is 0.0808 e. The number of fused-ring (bicyclic) bond motifs is 3. The Morgan fingerprint density at radius 2 is 0.941 bits per heavy atom. The molecular formula is C50H64Si. The van der Waals surface area contributed by atoms with Crippen molar-refractivity contribution in [3.63, 3.8) is 0 Å². The molecule has 0 amide bonds. The third-order valence-electron chi connectivity index (χ3n) is 15.4. The van der Waals surface area contributed by atoms with Gasteiger partial charge in [-0.1, -0.05) is 188 Å². The molecule has 8 rings (SSSR count). The molecule has 6 aliphatic rings. The lowest BCUT2D eigenvalue weighted by atomic mass is 9.55. The highest BCUT2D eigenvalue weighted by Crippen LogP contribution is 2.63. The molecular weight excluding hydrogens is 629 g/mol. The fourth-order valence-electron chi connectivity index (χ4n) is 12.2. The average molecular weight is 693 g/mol. The molecule has 268 valence electrons. The van der Waals surface area contributed by atoms with E-state index in [0.29, 0.717) is 40.7 Å². The molecule has 0 bridgehead atoms. The minimum atomic E-state index is -2.55. The Morgan fingerprint density at radius 1 is 0.490 bits per heavy atom. The van der Waals surface area contributed by atoms with Gasteiger partial charge in [0, 0.05) is 0 Å². The van der Waals surface area contributed by atoms with Gasteiger partial charge in [0.15, 0.2) is 0 Å². The number of allylic oxidation sites excluding steroid dienone is 12. The van der Waals surface area contributed by atoms with Gasteiger partial charge in [-0.25, -0.2) is 0 Å². The van der Waals surface area contributed by atoms with E-state index in [2.05, 4.69) is 172 Å². The highest BCUT2D eigenvalue weighted by atomic mass is 28.3. The third kappa shape index (κ3) is 5.57. The first-order chi connectivity index (χ1) is 24.2. The van der Waals surface area contributed by atoms with Crippen LogP contribution in [0.3, 0.4) is 0 Å². The summed E-state index contributed by atoms with van der Waals surface area (Å²) in [6.07, 6.45) is 29.1. The molecule has 3 saturated carbocycles. The molecule has 0 radical (unpaired) electrons. The highest BCUT2D eigenvalue weighted by Gasteiger charge is 2.59. The van der Waals surface area contributed by atoms with E-state index in [4.69, 9.17) is 0 Å². The van der Waals surface area contributed by atoms with Crippen LogP contribution in [0.2, 0.25) is 11.1 Å². The minimum absolute atomic E-state index is 0.170. The van der Waals surface area contributed by atoms with Gasteiger partial charge in [-0.2, -0.15) is 0 Å². The van der Waals surface area contributed by atoms with E-state index in [1.54, 1.807) is 32.7 Å². The molecule has 0 aliphatic heterocycles. The number of benzene rings is 2. The molecule has 7 unspecified atom stereocenters. The maximum absolute atomic E-state index is 2.98. The normalized spacial score (nSPS) is 34.3. The van der Waals surface area contributed by atoms with Crippen molar-refractivity contribution >= 4 is 18.4 Å². The molecule has 7 atom stereocenters. The van der Waals surface area contributed by atoms with Gasteiger partial charge < -0.3 is 0 Å². The lowest BCUT2D eigenvalue weighted by molar-refractivity contribution is 0.236. The van der Waals surface area contributed by atoms with Crippen molar-refractivity contribution in [1.29, 1.82) is 0 Å². The predicted octanol–water partition coefficient (Wildman–Crippen LogP) is 12.4. The van der Waals surface area contributed by atoms with E-state index in [0.717, 1.165) is 0 Å². The molecule has 0 spiro atoms. The van der Waals surface area contributed by atoms with Gasteiger partial charge in [-0.15, -0.1) is 0 Å². The number of hydrogen-bond acceptors (Lipinski definition) is 0. The van der Waals surface area contributed by atoms with Crippen molar-refractivity contribution in [2.24, 2.45) is 51.2 Å². The molecule has 0 nitrogen and oxygen atoms in total. The molecule has 0 aromatic heterocycles. The van der Waals surface area contributed by atoms with E-state index in [1.807, 2.05) is 0 Å². The summed E-state index contributed by atoms with van der Waals surface area (Å²) in [7, 11) is -2.55. The zero-order chi connectivity index (χ0) is 36.0. The zero-order valence-corrected chi connectivity index (χ0v) is 34.2. The fraction of sp³-hybridized carbons (Fsp3) is 0.520. The molecule has 0 heterocycles. The Bertz CT molecular complexity index is 1800. The summed E-state index contributed by atoms with van der Waals surface area (Å²) in [4.78, 5) is 0. The highest BCUT2D eigenvalue weighted by molar-refractivity contribution is 7.04. The summed E-state index contributed by atoms with van der Waals surface area (Å²) >= 11 is 0. The van der Waals surface area contributed by atoms with Crippen LogP contribution in [0.5, 0.6) is 0 Å². The van der Waals surface area contributed by atoms with Gasteiger partial charge in [0.05, 0.1) is 0 Å². The van der Waals surface area contributed by atoms with E-state index in [-0.39, 0.29) is 21.7 Å². The monoisotopic (exact) mass is 692 g/mol. The standard InChI is InChI=1S/C50H64Si/c1-34-30-41-42(48(4,5)27-26-47(41,2)3)31-39(34)40-32-43-44(50(8,9)29-28-49(43,6)7)33-46(40)51(36-19-12-10-13-20-36,37-21-14-11-15-22-37)45-25-24-35-18-16-17-23-38(35)45/h10-23,30-35,38-40,45-46H,24-29H2,1-9H3. The van der Waals surface area contributed by atoms with Crippen LogP contribution in [0.1, 0.15) is 101 Å². The Morgan fingerprint density at radius 3 is 1.47 bits per heavy atom. The van der Waals surface area contributed by atoms with Crippen LogP contribution in [-0.2, 0) is 0 Å². The van der Waals surface area contributed by atoms with Crippen molar-refractivity contribution in [3.8, 4) is 0 Å². The van der Waals surface area contributed by atoms with Crippen LogP contribution in [0, 0.1) is 51.2 Å². The van der Waals surface area contributed by atoms with Gasteiger partial charge in [0.1, 0.15) is 8.07 Å². The first-order valence-electron chi connectivity index (χ1n) is 20.5. The van der Waals surface area contributed by atoms with Crippen molar-refractivity contribution in [1.82, 2.24) is 0 Å². The predicted molar refractivity (Wildman–Crippen MR) is 222 cm³/mol. The van der Waals surface area contributed by atoms with Crippen molar-refractivity contribution < 1.29 is 0 Å². The number of hydrogen-bond donors (Lipinski definition) is 0. The minimum Gasteiger partial charge on any atom is -0.0808 e. The second kappa shape index (κ2) is 12.3. The quantitative estimate of drug-likeness (QED) is 0.274. The molecule has 2 aromatic rings. The van der Waals surface area contributed by atoms with Crippen LogP contribution >= 0.6 is 0 Å².